The molecule has 1 aliphatic carbocycles. The lowest BCUT2D eigenvalue weighted by atomic mass is 9.88. The Kier molecular flexibility index (Phi) is 6.39. The van der Waals surface area contributed by atoms with Crippen molar-refractivity contribution in [2.45, 2.75) is 46.5 Å². The minimum absolute atomic E-state index is 0.137. The summed E-state index contributed by atoms with van der Waals surface area (Å²) in [4.78, 5) is 26.4. The van der Waals surface area contributed by atoms with Crippen LogP contribution in [0.15, 0.2) is 18.2 Å². The number of hydrogen-bond acceptors (Lipinski definition) is 5. The van der Waals surface area contributed by atoms with Gasteiger partial charge in [-0.1, -0.05) is 19.1 Å². The molecule has 0 saturated carbocycles. The molecule has 1 aromatic carbocycles. The summed E-state index contributed by atoms with van der Waals surface area (Å²) in [7, 11) is 1.63. The first-order chi connectivity index (χ1) is 13.4. The van der Waals surface area contributed by atoms with E-state index in [1.54, 1.807) is 14.0 Å². The lowest BCUT2D eigenvalue weighted by Crippen LogP contribution is -2.18. The molecular weight excluding hydrogens is 374 g/mol. The van der Waals surface area contributed by atoms with Gasteiger partial charge >= 0.3 is 5.97 Å². The lowest BCUT2D eigenvalue weighted by Gasteiger charge is -2.18. The number of fused-ring (bicyclic) bond motifs is 1. The van der Waals surface area contributed by atoms with E-state index in [9.17, 15) is 9.59 Å². The summed E-state index contributed by atoms with van der Waals surface area (Å²) in [6.07, 6.45) is 3.09. The highest BCUT2D eigenvalue weighted by molar-refractivity contribution is 7.17. The van der Waals surface area contributed by atoms with Crippen molar-refractivity contribution in [3.8, 4) is 5.75 Å². The van der Waals surface area contributed by atoms with Gasteiger partial charge in [0.1, 0.15) is 10.8 Å². The topological polar surface area (TPSA) is 64.6 Å². The first kappa shape index (κ1) is 20.4. The van der Waals surface area contributed by atoms with Gasteiger partial charge in [0, 0.05) is 4.88 Å². The number of thiophene rings is 1. The van der Waals surface area contributed by atoms with Crippen molar-refractivity contribution >= 4 is 28.2 Å². The van der Waals surface area contributed by atoms with Crippen molar-refractivity contribution < 1.29 is 19.1 Å². The van der Waals surface area contributed by atoms with E-state index in [2.05, 4.69) is 12.2 Å². The number of amides is 1. The highest BCUT2D eigenvalue weighted by Gasteiger charge is 2.29. The van der Waals surface area contributed by atoms with Crippen molar-refractivity contribution in [2.24, 2.45) is 5.92 Å². The van der Waals surface area contributed by atoms with Crippen molar-refractivity contribution in [3.05, 3.63) is 45.3 Å². The summed E-state index contributed by atoms with van der Waals surface area (Å²) in [6, 6.07) is 5.71. The van der Waals surface area contributed by atoms with Gasteiger partial charge in [-0.25, -0.2) is 4.79 Å². The van der Waals surface area contributed by atoms with Crippen molar-refractivity contribution in [2.75, 3.05) is 19.0 Å². The van der Waals surface area contributed by atoms with Crippen molar-refractivity contribution in [1.82, 2.24) is 0 Å². The molecule has 1 atom stereocenters. The number of carbonyl (C=O) groups excluding carboxylic acids is 2. The highest BCUT2D eigenvalue weighted by Crippen LogP contribution is 2.40. The molecule has 150 valence electrons. The summed E-state index contributed by atoms with van der Waals surface area (Å²) >= 11 is 1.52. The second kappa shape index (κ2) is 8.78. The quantitative estimate of drug-likeness (QED) is 0.722. The molecule has 0 radical (unpaired) electrons. The van der Waals surface area contributed by atoms with Gasteiger partial charge in [0.2, 0.25) is 5.91 Å². The molecule has 6 heteroatoms. The third-order valence-corrected chi connectivity index (χ3v) is 6.24. The molecule has 0 saturated heterocycles. The maximum atomic E-state index is 12.7. The van der Waals surface area contributed by atoms with Crippen molar-refractivity contribution in [1.29, 1.82) is 0 Å². The van der Waals surface area contributed by atoms with Gasteiger partial charge in [-0.05, 0) is 61.8 Å². The maximum absolute atomic E-state index is 12.7. The number of carbonyl (C=O) groups is 2. The monoisotopic (exact) mass is 401 g/mol. The second-order valence-electron chi connectivity index (χ2n) is 7.31. The van der Waals surface area contributed by atoms with E-state index in [4.69, 9.17) is 9.47 Å². The normalized spacial score (nSPS) is 15.6. The van der Waals surface area contributed by atoms with Gasteiger partial charge in [0.05, 0.1) is 25.7 Å². The van der Waals surface area contributed by atoms with E-state index < -0.39 is 0 Å². The molecule has 1 amide bonds. The average Bonchev–Trinajstić information content (AvgIpc) is 2.98. The molecule has 3 rings (SSSR count). The number of ether oxygens (including phenoxy) is 2. The largest absolute Gasteiger partial charge is 0.496 e. The van der Waals surface area contributed by atoms with E-state index in [-0.39, 0.29) is 18.3 Å². The molecule has 28 heavy (non-hydrogen) atoms. The van der Waals surface area contributed by atoms with Gasteiger partial charge in [-0.2, -0.15) is 0 Å². The number of rotatable bonds is 6. The Balaban J connectivity index is 1.81. The van der Waals surface area contributed by atoms with Crippen LogP contribution in [0.4, 0.5) is 5.00 Å². The molecule has 0 fully saturated rings. The number of benzene rings is 1. The predicted octanol–water partition coefficient (Wildman–Crippen LogP) is 4.55. The number of anilines is 1. The third kappa shape index (κ3) is 4.38. The van der Waals surface area contributed by atoms with Crippen LogP contribution in [-0.2, 0) is 28.8 Å². The fraction of sp³-hybridized carbons (Fsp3) is 0.455. The number of methoxy groups -OCH3 is 1. The summed E-state index contributed by atoms with van der Waals surface area (Å²) < 4.78 is 10.5. The first-order valence-electron chi connectivity index (χ1n) is 9.67. The van der Waals surface area contributed by atoms with Crippen molar-refractivity contribution in [3.63, 3.8) is 0 Å². The van der Waals surface area contributed by atoms with Gasteiger partial charge in [0.25, 0.3) is 0 Å². The molecule has 5 nitrogen and oxygen atoms in total. The average molecular weight is 402 g/mol. The second-order valence-corrected chi connectivity index (χ2v) is 8.41. The van der Waals surface area contributed by atoms with Crippen LogP contribution >= 0.6 is 11.3 Å². The van der Waals surface area contributed by atoms with E-state index in [0.29, 0.717) is 23.1 Å². The molecule has 2 aromatic rings. The first-order valence-corrected chi connectivity index (χ1v) is 10.5. The number of hydrogen-bond donors (Lipinski definition) is 1. The molecule has 0 aliphatic heterocycles. The van der Waals surface area contributed by atoms with E-state index in [1.807, 2.05) is 25.1 Å². The summed E-state index contributed by atoms with van der Waals surface area (Å²) in [5, 5.41) is 3.58. The van der Waals surface area contributed by atoms with Crippen LogP contribution in [0, 0.1) is 12.8 Å². The van der Waals surface area contributed by atoms with Gasteiger partial charge in [0.15, 0.2) is 0 Å². The Labute approximate surface area is 170 Å². The van der Waals surface area contributed by atoms with Crippen LogP contribution in [0.25, 0.3) is 0 Å². The molecule has 0 spiro atoms. The zero-order valence-electron chi connectivity index (χ0n) is 16.9. The molecular formula is C22H27NO4S. The zero-order valence-corrected chi connectivity index (χ0v) is 17.7. The molecule has 1 unspecified atom stereocenters. The highest BCUT2D eigenvalue weighted by atomic mass is 32.1. The minimum atomic E-state index is -0.342. The standard InChI is InChI=1S/C22H27NO4S/c1-5-27-22(25)20-16-8-6-13(2)10-18(16)28-21(20)23-19(24)12-15-7-9-17(26-4)14(3)11-15/h7,9,11,13H,5-6,8,10,12H2,1-4H3,(H,23,24). The molecule has 1 aliphatic rings. The number of esters is 1. The number of aryl methyl sites for hydroxylation is 1. The van der Waals surface area contributed by atoms with Crippen LogP contribution in [0.2, 0.25) is 0 Å². The maximum Gasteiger partial charge on any atom is 0.341 e. The van der Waals surface area contributed by atoms with Crippen LogP contribution in [-0.4, -0.2) is 25.6 Å². The minimum Gasteiger partial charge on any atom is -0.496 e. The van der Waals surface area contributed by atoms with Crippen LogP contribution < -0.4 is 10.1 Å². The zero-order chi connectivity index (χ0) is 20.3. The molecule has 1 heterocycles. The Hall–Kier alpha value is -2.34. The Morgan fingerprint density at radius 3 is 2.79 bits per heavy atom. The van der Waals surface area contributed by atoms with E-state index >= 15 is 0 Å². The Bertz CT molecular complexity index is 887. The van der Waals surface area contributed by atoms with Gasteiger partial charge in [-0.3, -0.25) is 4.79 Å². The fourth-order valence-electron chi connectivity index (χ4n) is 3.66. The van der Waals surface area contributed by atoms with Gasteiger partial charge < -0.3 is 14.8 Å². The predicted molar refractivity (Wildman–Crippen MR) is 112 cm³/mol. The fourth-order valence-corrected chi connectivity index (χ4v) is 5.08. The van der Waals surface area contributed by atoms with E-state index in [1.165, 1.54) is 16.2 Å². The Morgan fingerprint density at radius 1 is 1.32 bits per heavy atom. The van der Waals surface area contributed by atoms with E-state index in [0.717, 1.165) is 41.7 Å². The summed E-state index contributed by atoms with van der Waals surface area (Å²) in [6.45, 7) is 6.28. The smallest absolute Gasteiger partial charge is 0.341 e. The summed E-state index contributed by atoms with van der Waals surface area (Å²) in [5.41, 5.74) is 3.49. The molecule has 1 aromatic heterocycles. The SMILES string of the molecule is CCOC(=O)c1c(NC(=O)Cc2ccc(OC)c(C)c2)sc2c1CCC(C)C2. The number of nitrogens with one attached hydrogen (secondary N) is 1. The molecule has 0 bridgehead atoms. The van der Waals surface area contributed by atoms with Crippen LogP contribution in [0.1, 0.15) is 52.2 Å². The van der Waals surface area contributed by atoms with Crippen LogP contribution in [0.3, 0.4) is 0 Å². The molecule has 1 N–H and O–H groups in total. The third-order valence-electron chi connectivity index (χ3n) is 5.07. The van der Waals surface area contributed by atoms with Crippen LogP contribution in [0.5, 0.6) is 5.75 Å². The Morgan fingerprint density at radius 2 is 2.11 bits per heavy atom. The lowest BCUT2D eigenvalue weighted by molar-refractivity contribution is -0.115. The summed E-state index contributed by atoms with van der Waals surface area (Å²) in [5.74, 6) is 0.910. The van der Waals surface area contributed by atoms with Gasteiger partial charge in [-0.15, -0.1) is 11.3 Å².